The lowest BCUT2D eigenvalue weighted by Crippen LogP contribution is -2.42. The van der Waals surface area contributed by atoms with Crippen LogP contribution in [0.25, 0.3) is 0 Å². The molecule has 0 atom stereocenters. The Kier molecular flexibility index (Phi) is 6.46. The van der Waals surface area contributed by atoms with Gasteiger partial charge in [-0.3, -0.25) is 14.4 Å². The van der Waals surface area contributed by atoms with Crippen LogP contribution in [0.5, 0.6) is 0 Å². The van der Waals surface area contributed by atoms with Crippen LogP contribution in [-0.4, -0.2) is 45.4 Å². The van der Waals surface area contributed by atoms with E-state index >= 15 is 0 Å². The fraction of sp³-hybridized carbons (Fsp3) is 0.333. The Balaban J connectivity index is 2.06. The lowest BCUT2D eigenvalue weighted by atomic mass is 10.1. The molecular weight excluding hydrogens is 354 g/mol. The molecule has 0 bridgehead atoms. The Bertz CT molecular complexity index is 816. The molecule has 2 aromatic rings. The zero-order chi connectivity index (χ0) is 19.3. The summed E-state index contributed by atoms with van der Waals surface area (Å²) in [5.74, 6) is -1.57. The number of aliphatic carboxylic acids is 1. The molecule has 0 aliphatic rings. The van der Waals surface area contributed by atoms with Gasteiger partial charge in [0.25, 0.3) is 5.91 Å². The van der Waals surface area contributed by atoms with Gasteiger partial charge in [0.1, 0.15) is 6.54 Å². The second-order valence-electron chi connectivity index (χ2n) is 6.10. The molecule has 1 aromatic heterocycles. The van der Waals surface area contributed by atoms with Gasteiger partial charge in [0.05, 0.1) is 12.1 Å². The summed E-state index contributed by atoms with van der Waals surface area (Å²) in [5, 5.41) is 13.3. The highest BCUT2D eigenvalue weighted by Crippen LogP contribution is 2.17. The molecular formula is C18H21N3O4S. The molecule has 0 radical (unpaired) electrons. The van der Waals surface area contributed by atoms with E-state index in [1.165, 1.54) is 4.90 Å². The first kappa shape index (κ1) is 19.6. The van der Waals surface area contributed by atoms with Crippen molar-refractivity contribution in [2.24, 2.45) is 0 Å². The zero-order valence-electron chi connectivity index (χ0n) is 14.9. The predicted octanol–water partition coefficient (Wildman–Crippen LogP) is 2.57. The second-order valence-corrected chi connectivity index (χ2v) is 6.96. The maximum atomic E-state index is 12.8. The molecule has 2 N–H and O–H groups in total. The van der Waals surface area contributed by atoms with Crippen LogP contribution in [0, 0.1) is 6.92 Å². The Morgan fingerprint density at radius 3 is 2.58 bits per heavy atom. The van der Waals surface area contributed by atoms with Crippen LogP contribution in [0.15, 0.2) is 29.6 Å². The normalized spacial score (nSPS) is 10.6. The number of carboxylic acid groups (broad SMARTS) is 1. The molecule has 26 heavy (non-hydrogen) atoms. The summed E-state index contributed by atoms with van der Waals surface area (Å²) < 4.78 is 0. The van der Waals surface area contributed by atoms with Gasteiger partial charge in [-0.25, -0.2) is 4.98 Å². The van der Waals surface area contributed by atoms with Gasteiger partial charge >= 0.3 is 5.97 Å². The van der Waals surface area contributed by atoms with Gasteiger partial charge in [-0.15, -0.1) is 11.3 Å². The third kappa shape index (κ3) is 5.13. The van der Waals surface area contributed by atoms with Crippen molar-refractivity contribution in [3.63, 3.8) is 0 Å². The van der Waals surface area contributed by atoms with Crippen LogP contribution in [0.3, 0.4) is 0 Å². The van der Waals surface area contributed by atoms with Gasteiger partial charge in [-0.1, -0.05) is 18.2 Å². The van der Waals surface area contributed by atoms with Gasteiger partial charge in [0.2, 0.25) is 5.91 Å². The maximum absolute atomic E-state index is 12.8. The number of anilines is 1. The highest BCUT2D eigenvalue weighted by Gasteiger charge is 2.23. The number of benzene rings is 1. The Morgan fingerprint density at radius 2 is 1.96 bits per heavy atom. The monoisotopic (exact) mass is 375 g/mol. The molecule has 1 heterocycles. The quantitative estimate of drug-likeness (QED) is 0.775. The van der Waals surface area contributed by atoms with Gasteiger partial charge in [-0.05, 0) is 32.4 Å². The predicted molar refractivity (Wildman–Crippen MR) is 99.4 cm³/mol. The zero-order valence-corrected chi connectivity index (χ0v) is 15.7. The molecule has 8 heteroatoms. The van der Waals surface area contributed by atoms with Crippen molar-refractivity contribution in [3.8, 4) is 0 Å². The summed E-state index contributed by atoms with van der Waals surface area (Å²) in [5.41, 5.74) is 1.79. The number of aromatic nitrogens is 1. The second kappa shape index (κ2) is 8.57. The summed E-state index contributed by atoms with van der Waals surface area (Å²) in [7, 11) is 0. The van der Waals surface area contributed by atoms with Crippen LogP contribution in [-0.2, 0) is 16.0 Å². The van der Waals surface area contributed by atoms with Crippen LogP contribution < -0.4 is 5.32 Å². The Labute approximate surface area is 155 Å². The number of amides is 2. The number of aryl methyl sites for hydroxylation is 1. The number of nitrogens with zero attached hydrogens (tertiary/aromatic N) is 2. The van der Waals surface area contributed by atoms with Crippen molar-refractivity contribution in [2.75, 3.05) is 11.9 Å². The highest BCUT2D eigenvalue weighted by molar-refractivity contribution is 7.13. The van der Waals surface area contributed by atoms with E-state index in [0.29, 0.717) is 16.4 Å². The average Bonchev–Trinajstić information content (AvgIpc) is 2.98. The number of hydrogen-bond acceptors (Lipinski definition) is 5. The van der Waals surface area contributed by atoms with Gasteiger partial charge in [-0.2, -0.15) is 0 Å². The summed E-state index contributed by atoms with van der Waals surface area (Å²) in [4.78, 5) is 41.4. The van der Waals surface area contributed by atoms with E-state index in [1.807, 2.05) is 32.9 Å². The maximum Gasteiger partial charge on any atom is 0.309 e. The van der Waals surface area contributed by atoms with Crippen molar-refractivity contribution in [1.29, 1.82) is 0 Å². The summed E-state index contributed by atoms with van der Waals surface area (Å²) in [6.07, 6.45) is -0.198. The number of carbonyl (C=O) groups excluding carboxylic acids is 2. The number of hydrogen-bond donors (Lipinski definition) is 2. The van der Waals surface area contributed by atoms with Gasteiger partial charge in [0.15, 0.2) is 5.13 Å². The molecule has 0 unspecified atom stereocenters. The fourth-order valence-electron chi connectivity index (χ4n) is 2.37. The molecule has 0 saturated carbocycles. The first-order valence-electron chi connectivity index (χ1n) is 8.10. The van der Waals surface area contributed by atoms with E-state index in [4.69, 9.17) is 5.11 Å². The molecule has 138 valence electrons. The smallest absolute Gasteiger partial charge is 0.309 e. The Morgan fingerprint density at radius 1 is 1.27 bits per heavy atom. The molecule has 7 nitrogen and oxygen atoms in total. The fourth-order valence-corrected chi connectivity index (χ4v) is 3.10. The largest absolute Gasteiger partial charge is 0.481 e. The first-order valence-corrected chi connectivity index (χ1v) is 8.98. The van der Waals surface area contributed by atoms with Crippen molar-refractivity contribution >= 4 is 34.3 Å². The minimum absolute atomic E-state index is 0.112. The van der Waals surface area contributed by atoms with Crippen LogP contribution in [0.1, 0.15) is 35.5 Å². The van der Waals surface area contributed by atoms with E-state index < -0.39 is 5.97 Å². The van der Waals surface area contributed by atoms with Crippen molar-refractivity contribution < 1.29 is 19.5 Å². The lowest BCUT2D eigenvalue weighted by molar-refractivity contribution is -0.136. The number of carboxylic acids is 1. The SMILES string of the molecule is Cc1ccccc1C(=O)N(CC(=O)Nc1nc(CC(=O)O)cs1)C(C)C. The van der Waals surface area contributed by atoms with E-state index in [0.717, 1.165) is 16.9 Å². The summed E-state index contributed by atoms with van der Waals surface area (Å²) >= 11 is 1.15. The third-order valence-corrected chi connectivity index (χ3v) is 4.51. The molecule has 0 saturated heterocycles. The minimum atomic E-state index is -0.983. The minimum Gasteiger partial charge on any atom is -0.481 e. The first-order chi connectivity index (χ1) is 12.3. The van der Waals surface area contributed by atoms with Gasteiger partial charge < -0.3 is 15.3 Å². The lowest BCUT2D eigenvalue weighted by Gasteiger charge is -2.26. The molecule has 2 rings (SSSR count). The summed E-state index contributed by atoms with van der Waals surface area (Å²) in [6, 6.07) is 7.08. The topological polar surface area (TPSA) is 99.6 Å². The molecule has 0 aliphatic carbocycles. The Hall–Kier alpha value is -2.74. The number of rotatable bonds is 7. The number of nitrogens with one attached hydrogen (secondary N) is 1. The van der Waals surface area contributed by atoms with Crippen LogP contribution in [0.4, 0.5) is 5.13 Å². The molecule has 0 fully saturated rings. The number of thiazole rings is 1. The van der Waals surface area contributed by atoms with E-state index in [9.17, 15) is 14.4 Å². The van der Waals surface area contributed by atoms with Crippen LogP contribution in [0.2, 0.25) is 0 Å². The molecule has 2 amide bonds. The standard InChI is InChI=1S/C18H21N3O4S/c1-11(2)21(17(25)14-7-5-4-6-12(14)3)9-15(22)20-18-19-13(10-26-18)8-16(23)24/h4-7,10-11H,8-9H2,1-3H3,(H,23,24)(H,19,20,22). The highest BCUT2D eigenvalue weighted by atomic mass is 32.1. The summed E-state index contributed by atoms with van der Waals surface area (Å²) in [6.45, 7) is 5.43. The van der Waals surface area contributed by atoms with Gasteiger partial charge in [0, 0.05) is 17.0 Å². The van der Waals surface area contributed by atoms with E-state index in [1.54, 1.807) is 17.5 Å². The third-order valence-electron chi connectivity index (χ3n) is 3.70. The van der Waals surface area contributed by atoms with E-state index in [-0.39, 0.29) is 30.8 Å². The molecule has 0 aliphatic heterocycles. The van der Waals surface area contributed by atoms with Crippen molar-refractivity contribution in [2.45, 2.75) is 33.2 Å². The van der Waals surface area contributed by atoms with E-state index in [2.05, 4.69) is 10.3 Å². The molecule has 0 spiro atoms. The van der Waals surface area contributed by atoms with Crippen molar-refractivity contribution in [1.82, 2.24) is 9.88 Å². The molecule has 1 aromatic carbocycles. The van der Waals surface area contributed by atoms with Crippen LogP contribution >= 0.6 is 11.3 Å². The number of carbonyl (C=O) groups is 3. The average molecular weight is 375 g/mol. The van der Waals surface area contributed by atoms with Crippen molar-refractivity contribution in [3.05, 3.63) is 46.5 Å².